The number of morpholine rings is 1. The van der Waals surface area contributed by atoms with Crippen molar-refractivity contribution in [2.45, 2.75) is 26.1 Å². The van der Waals surface area contributed by atoms with Crippen LogP contribution >= 0.6 is 0 Å². The first kappa shape index (κ1) is 13.7. The molecular weight excluding hydrogens is 244 g/mol. The molecule has 104 valence electrons. The molecule has 1 fully saturated rings. The zero-order valence-corrected chi connectivity index (χ0v) is 11.6. The Kier molecular flexibility index (Phi) is 3.95. The van der Waals surface area contributed by atoms with Crippen LogP contribution in [0.1, 0.15) is 24.2 Å². The van der Waals surface area contributed by atoms with E-state index in [4.69, 9.17) is 15.2 Å². The normalized spacial score (nSPS) is 23.2. The molecule has 1 aliphatic rings. The minimum atomic E-state index is -0.0709. The Morgan fingerprint density at radius 1 is 1.37 bits per heavy atom. The van der Waals surface area contributed by atoms with Crippen LogP contribution in [0.15, 0.2) is 18.2 Å². The first-order chi connectivity index (χ1) is 9.02. The molecule has 0 unspecified atom stereocenters. The van der Waals surface area contributed by atoms with Crippen molar-refractivity contribution in [1.29, 1.82) is 0 Å². The lowest BCUT2D eigenvalue weighted by Crippen LogP contribution is -2.48. The van der Waals surface area contributed by atoms with Crippen molar-refractivity contribution in [2.24, 2.45) is 0 Å². The van der Waals surface area contributed by atoms with Crippen LogP contribution in [0.3, 0.4) is 0 Å². The molecule has 1 aromatic carbocycles. The van der Waals surface area contributed by atoms with Crippen molar-refractivity contribution in [3.63, 3.8) is 0 Å². The van der Waals surface area contributed by atoms with E-state index >= 15 is 0 Å². The summed E-state index contributed by atoms with van der Waals surface area (Å²) in [6, 6.07) is 5.25. The summed E-state index contributed by atoms with van der Waals surface area (Å²) >= 11 is 0. The number of nitrogen functional groups attached to an aromatic ring is 1. The second-order valence-corrected chi connectivity index (χ2v) is 4.89. The first-order valence-corrected chi connectivity index (χ1v) is 6.40. The van der Waals surface area contributed by atoms with Gasteiger partial charge in [0.15, 0.2) is 0 Å². The molecule has 2 N–H and O–H groups in total. The number of carbonyl (C=O) groups is 1. The number of nitrogens with zero attached hydrogens (tertiary/aromatic N) is 1. The number of carbonyl (C=O) groups excluding carboxylic acids is 1. The summed E-state index contributed by atoms with van der Waals surface area (Å²) in [7, 11) is 1.54. The number of hydrogen-bond acceptors (Lipinski definition) is 4. The van der Waals surface area contributed by atoms with Crippen LogP contribution in [-0.2, 0) is 4.74 Å². The Morgan fingerprint density at radius 2 is 2.00 bits per heavy atom. The maximum absolute atomic E-state index is 12.5. The summed E-state index contributed by atoms with van der Waals surface area (Å²) in [4.78, 5) is 14.3. The second kappa shape index (κ2) is 5.48. The maximum Gasteiger partial charge on any atom is 0.256 e. The van der Waals surface area contributed by atoms with Crippen LogP contribution in [0.5, 0.6) is 5.75 Å². The quantitative estimate of drug-likeness (QED) is 0.823. The standard InChI is InChI=1S/C14H20N2O3/c1-9-7-16(8-10(2)19-9)14(17)11-5-4-6-12(18-3)13(11)15/h4-6,9-10H,7-8,15H2,1-3H3/t9-,10+. The Balaban J connectivity index is 2.24. The minimum Gasteiger partial charge on any atom is -0.495 e. The molecule has 1 aromatic rings. The van der Waals surface area contributed by atoms with Gasteiger partial charge in [0.1, 0.15) is 5.75 Å². The van der Waals surface area contributed by atoms with Gasteiger partial charge in [-0.1, -0.05) is 6.07 Å². The molecule has 1 heterocycles. The van der Waals surface area contributed by atoms with Gasteiger partial charge >= 0.3 is 0 Å². The predicted molar refractivity (Wildman–Crippen MR) is 73.3 cm³/mol. The predicted octanol–water partition coefficient (Wildman–Crippen LogP) is 1.53. The van der Waals surface area contributed by atoms with Gasteiger partial charge in [0.25, 0.3) is 5.91 Å². The Morgan fingerprint density at radius 3 is 2.58 bits per heavy atom. The highest BCUT2D eigenvalue weighted by Gasteiger charge is 2.27. The molecule has 19 heavy (non-hydrogen) atoms. The van der Waals surface area contributed by atoms with Crippen molar-refractivity contribution >= 4 is 11.6 Å². The van der Waals surface area contributed by atoms with Gasteiger partial charge < -0.3 is 20.1 Å². The van der Waals surface area contributed by atoms with E-state index < -0.39 is 0 Å². The first-order valence-electron chi connectivity index (χ1n) is 6.40. The molecule has 1 aliphatic heterocycles. The van der Waals surface area contributed by atoms with E-state index in [1.807, 2.05) is 13.8 Å². The number of benzene rings is 1. The molecule has 0 saturated carbocycles. The van der Waals surface area contributed by atoms with Crippen molar-refractivity contribution in [1.82, 2.24) is 4.90 Å². The average molecular weight is 264 g/mol. The maximum atomic E-state index is 12.5. The molecule has 2 rings (SSSR count). The van der Waals surface area contributed by atoms with E-state index in [0.717, 1.165) is 0 Å². The highest BCUT2D eigenvalue weighted by atomic mass is 16.5. The third-order valence-corrected chi connectivity index (χ3v) is 3.22. The second-order valence-electron chi connectivity index (χ2n) is 4.89. The number of rotatable bonds is 2. The van der Waals surface area contributed by atoms with Crippen LogP contribution in [0.25, 0.3) is 0 Å². The number of hydrogen-bond donors (Lipinski definition) is 1. The van der Waals surface area contributed by atoms with Crippen LogP contribution in [0.2, 0.25) is 0 Å². The average Bonchev–Trinajstić information content (AvgIpc) is 2.37. The lowest BCUT2D eigenvalue weighted by molar-refractivity contribution is -0.0585. The Hall–Kier alpha value is -1.75. The SMILES string of the molecule is COc1cccc(C(=O)N2C[C@@H](C)O[C@@H](C)C2)c1N. The third kappa shape index (κ3) is 2.81. The molecule has 2 atom stereocenters. The molecule has 0 radical (unpaired) electrons. The van der Waals surface area contributed by atoms with Gasteiger partial charge in [-0.05, 0) is 26.0 Å². The summed E-state index contributed by atoms with van der Waals surface area (Å²) < 4.78 is 10.8. The highest BCUT2D eigenvalue weighted by molar-refractivity contribution is 6.00. The van der Waals surface area contributed by atoms with Gasteiger partial charge in [-0.15, -0.1) is 0 Å². The smallest absolute Gasteiger partial charge is 0.256 e. The number of ether oxygens (including phenoxy) is 2. The third-order valence-electron chi connectivity index (χ3n) is 3.22. The molecule has 1 saturated heterocycles. The molecule has 1 amide bonds. The zero-order chi connectivity index (χ0) is 14.0. The van der Waals surface area contributed by atoms with Crippen molar-refractivity contribution < 1.29 is 14.3 Å². The van der Waals surface area contributed by atoms with Gasteiger partial charge in [0.05, 0.1) is 30.6 Å². The molecular formula is C14H20N2O3. The van der Waals surface area contributed by atoms with Crippen LogP contribution in [0.4, 0.5) is 5.69 Å². The fourth-order valence-electron chi connectivity index (χ4n) is 2.42. The topological polar surface area (TPSA) is 64.8 Å². The number of anilines is 1. The number of methoxy groups -OCH3 is 1. The number of para-hydroxylation sites is 1. The summed E-state index contributed by atoms with van der Waals surface area (Å²) in [5.74, 6) is 0.457. The molecule has 5 nitrogen and oxygen atoms in total. The van der Waals surface area contributed by atoms with Gasteiger partial charge in [0.2, 0.25) is 0 Å². The largest absolute Gasteiger partial charge is 0.495 e. The van der Waals surface area contributed by atoms with E-state index in [1.54, 1.807) is 30.2 Å². The van der Waals surface area contributed by atoms with Crippen molar-refractivity contribution in [2.75, 3.05) is 25.9 Å². The number of amides is 1. The van der Waals surface area contributed by atoms with E-state index in [0.29, 0.717) is 30.1 Å². The minimum absolute atomic E-state index is 0.0412. The van der Waals surface area contributed by atoms with Crippen LogP contribution < -0.4 is 10.5 Å². The molecule has 0 bridgehead atoms. The van der Waals surface area contributed by atoms with Crippen molar-refractivity contribution in [3.05, 3.63) is 23.8 Å². The molecule has 0 aliphatic carbocycles. The number of nitrogens with two attached hydrogens (primary N) is 1. The van der Waals surface area contributed by atoms with Gasteiger partial charge in [-0.3, -0.25) is 4.79 Å². The summed E-state index contributed by atoms with van der Waals surface area (Å²) in [6.07, 6.45) is 0.0825. The van der Waals surface area contributed by atoms with Gasteiger partial charge in [-0.25, -0.2) is 0 Å². The van der Waals surface area contributed by atoms with Gasteiger partial charge in [-0.2, -0.15) is 0 Å². The van der Waals surface area contributed by atoms with Crippen molar-refractivity contribution in [3.8, 4) is 5.75 Å². The highest BCUT2D eigenvalue weighted by Crippen LogP contribution is 2.26. The fourth-order valence-corrected chi connectivity index (χ4v) is 2.42. The summed E-state index contributed by atoms with van der Waals surface area (Å²) in [6.45, 7) is 5.09. The Labute approximate surface area is 113 Å². The van der Waals surface area contributed by atoms with Gasteiger partial charge in [0, 0.05) is 13.1 Å². The zero-order valence-electron chi connectivity index (χ0n) is 11.6. The lowest BCUT2D eigenvalue weighted by Gasteiger charge is -2.35. The van der Waals surface area contributed by atoms with E-state index in [9.17, 15) is 4.79 Å². The summed E-state index contributed by atoms with van der Waals surface area (Å²) in [5, 5.41) is 0. The molecule has 0 aromatic heterocycles. The van der Waals surface area contributed by atoms with E-state index in [1.165, 1.54) is 0 Å². The monoisotopic (exact) mass is 264 g/mol. The van der Waals surface area contributed by atoms with E-state index in [-0.39, 0.29) is 18.1 Å². The summed E-state index contributed by atoms with van der Waals surface area (Å²) in [5.41, 5.74) is 6.84. The molecule has 5 heteroatoms. The van der Waals surface area contributed by atoms with Crippen LogP contribution in [-0.4, -0.2) is 43.2 Å². The van der Waals surface area contributed by atoms with Crippen LogP contribution in [0, 0.1) is 0 Å². The Bertz CT molecular complexity index is 466. The molecule has 0 spiro atoms. The lowest BCUT2D eigenvalue weighted by atomic mass is 10.1. The van der Waals surface area contributed by atoms with E-state index in [2.05, 4.69) is 0 Å². The fraction of sp³-hybridized carbons (Fsp3) is 0.500.